The van der Waals surface area contributed by atoms with E-state index in [0.29, 0.717) is 43.9 Å². The van der Waals surface area contributed by atoms with Crippen molar-refractivity contribution in [3.63, 3.8) is 0 Å². The van der Waals surface area contributed by atoms with Crippen molar-refractivity contribution in [1.82, 2.24) is 14.8 Å². The summed E-state index contributed by atoms with van der Waals surface area (Å²) in [6.45, 7) is 7.55. The van der Waals surface area contributed by atoms with Gasteiger partial charge in [-0.1, -0.05) is 14.4 Å². The number of ether oxygens (including phenoxy) is 1. The molecule has 0 aromatic rings. The number of hydrogen-bond acceptors (Lipinski definition) is 11. The zero-order valence-electron chi connectivity index (χ0n) is 22.5. The van der Waals surface area contributed by atoms with E-state index in [4.69, 9.17) is 0 Å². The van der Waals surface area contributed by atoms with E-state index in [1.54, 1.807) is 16.8 Å². The number of hydrazine groups is 1. The summed E-state index contributed by atoms with van der Waals surface area (Å²) < 4.78 is 4.59. The van der Waals surface area contributed by atoms with E-state index in [9.17, 15) is 19.6 Å². The van der Waals surface area contributed by atoms with Crippen LogP contribution in [0.1, 0.15) is 53.4 Å². The van der Waals surface area contributed by atoms with E-state index in [0.717, 1.165) is 31.0 Å². The molecule has 2 amide bonds. The minimum Gasteiger partial charge on any atom is -0.569 e. The molecule has 15 heteroatoms. The van der Waals surface area contributed by atoms with Gasteiger partial charge in [-0.3, -0.25) is 0 Å². The van der Waals surface area contributed by atoms with Gasteiger partial charge in [0.2, 0.25) is 12.1 Å². The van der Waals surface area contributed by atoms with Gasteiger partial charge in [0, 0.05) is 20.2 Å². The number of carbonyl (C=O) groups excluding carboxylic acids is 3. The average Bonchev–Trinajstić information content (AvgIpc) is 3.16. The molecule has 38 heavy (non-hydrogen) atoms. The first kappa shape index (κ1) is 38.9. The molecule has 0 bridgehead atoms. The van der Waals surface area contributed by atoms with Crippen molar-refractivity contribution in [3.05, 3.63) is 5.21 Å². The van der Waals surface area contributed by atoms with Crippen LogP contribution in [0.3, 0.4) is 0 Å². The van der Waals surface area contributed by atoms with E-state index in [2.05, 4.69) is 51.4 Å². The van der Waals surface area contributed by atoms with Crippen LogP contribution in [-0.4, -0.2) is 114 Å². The molecule has 2 aliphatic heterocycles. The third-order valence-corrected chi connectivity index (χ3v) is 7.15. The fourth-order valence-electron chi connectivity index (χ4n) is 3.05. The van der Waals surface area contributed by atoms with E-state index in [1.165, 1.54) is 24.6 Å². The number of imide groups is 1. The number of thioether (sulfide) groups is 1. The van der Waals surface area contributed by atoms with Crippen molar-refractivity contribution in [2.24, 2.45) is 5.28 Å². The normalized spacial score (nSPS) is 17.5. The first-order valence-electron chi connectivity index (χ1n) is 12.5. The van der Waals surface area contributed by atoms with E-state index in [1.807, 2.05) is 14.0 Å². The quantitative estimate of drug-likeness (QED) is 0.0468. The van der Waals surface area contributed by atoms with Crippen LogP contribution in [0.4, 0.5) is 0 Å². The average molecular weight is 596 g/mol. The Kier molecular flexibility index (Phi) is 25.3. The topological polar surface area (TPSA) is 118 Å². The molecule has 2 heterocycles. The molecule has 2 aliphatic rings. The fourth-order valence-corrected chi connectivity index (χ4v) is 4.29. The molecular weight excluding hydrogens is 549 g/mol. The SMILES string of the molecule is C.CCCS.CCCSC1CC(=O)N(CCCC(=O)CB=S)C1=O.COCO/N=[N+](\[O-])N1CCN(C)CC1. The van der Waals surface area contributed by atoms with Crippen LogP contribution < -0.4 is 0 Å². The summed E-state index contributed by atoms with van der Waals surface area (Å²) in [6.07, 6.45) is 5.08. The van der Waals surface area contributed by atoms with E-state index in [-0.39, 0.29) is 43.4 Å². The predicted octanol–water partition coefficient (Wildman–Crippen LogP) is 3.45. The number of methoxy groups -OCH3 is 1. The Labute approximate surface area is 244 Å². The van der Waals surface area contributed by atoms with Gasteiger partial charge in [0.05, 0.1) is 18.1 Å². The molecule has 0 saturated carbocycles. The van der Waals surface area contributed by atoms with Gasteiger partial charge in [0.15, 0.2) is 0 Å². The Balaban J connectivity index is 0. The number of Topliss-reactive ketones (excluding diaryl/α,β-unsaturated/α-hetero) is 1. The van der Waals surface area contributed by atoms with Gasteiger partial charge in [-0.05, 0) is 19.2 Å². The molecule has 0 aliphatic carbocycles. The van der Waals surface area contributed by atoms with Crippen molar-refractivity contribution < 1.29 is 28.9 Å². The number of ketones is 1. The number of piperazine rings is 1. The van der Waals surface area contributed by atoms with Crippen molar-refractivity contribution in [3.8, 4) is 0 Å². The van der Waals surface area contributed by atoms with E-state index < -0.39 is 0 Å². The number of likely N-dealkylation sites (N-methyl/N-ethyl adjacent to an activating group) is 1. The molecule has 0 aromatic carbocycles. The number of carbonyl (C=O) groups is 3. The van der Waals surface area contributed by atoms with Gasteiger partial charge < -0.3 is 19.7 Å². The molecule has 220 valence electrons. The minimum absolute atomic E-state index is 0. The summed E-state index contributed by atoms with van der Waals surface area (Å²) in [5.41, 5.74) is 0. The van der Waals surface area contributed by atoms with Crippen LogP contribution in [0.25, 0.3) is 0 Å². The molecule has 1 unspecified atom stereocenters. The second kappa shape index (κ2) is 24.7. The van der Waals surface area contributed by atoms with Crippen molar-refractivity contribution in [2.45, 2.75) is 64.9 Å². The van der Waals surface area contributed by atoms with Crippen LogP contribution in [0.5, 0.6) is 0 Å². The summed E-state index contributed by atoms with van der Waals surface area (Å²) in [5, 5.41) is 15.9. The largest absolute Gasteiger partial charge is 0.569 e. The van der Waals surface area contributed by atoms with Crippen molar-refractivity contribution in [1.29, 1.82) is 0 Å². The molecule has 0 aromatic heterocycles. The molecule has 0 spiro atoms. The number of hydrogen-bond donors (Lipinski definition) is 1. The molecule has 1 atom stereocenters. The number of likely N-dealkylation sites (tertiary alicyclic amines) is 1. The predicted molar refractivity (Wildman–Crippen MR) is 159 cm³/mol. The monoisotopic (exact) mass is 595 g/mol. The molecule has 11 nitrogen and oxygen atoms in total. The Hall–Kier alpha value is -1.29. The maximum absolute atomic E-state index is 12.0. The van der Waals surface area contributed by atoms with Crippen LogP contribution in [0.2, 0.25) is 6.32 Å². The van der Waals surface area contributed by atoms with Gasteiger partial charge >= 0.3 is 123 Å². The van der Waals surface area contributed by atoms with Crippen LogP contribution >= 0.6 is 36.4 Å². The number of rotatable bonds is 14. The molecule has 0 N–H and O–H groups in total. The minimum atomic E-state index is -0.218. The van der Waals surface area contributed by atoms with Gasteiger partial charge in [-0.25, -0.2) is 0 Å². The third kappa shape index (κ3) is 17.3. The van der Waals surface area contributed by atoms with Crippen LogP contribution in [-0.2, 0) is 24.0 Å². The van der Waals surface area contributed by atoms with Crippen molar-refractivity contribution >= 4 is 60.2 Å². The molecular formula is C23H46BN5O6S3. The molecule has 2 fully saturated rings. The Morgan fingerprint density at radius 1 is 1.26 bits per heavy atom. The van der Waals surface area contributed by atoms with Crippen LogP contribution in [0, 0.1) is 5.21 Å². The zero-order valence-corrected chi connectivity index (χ0v) is 25.0. The Morgan fingerprint density at radius 3 is 2.42 bits per heavy atom. The molecule has 2 saturated heterocycles. The van der Waals surface area contributed by atoms with Gasteiger partial charge in [-0.2, -0.15) is 12.6 Å². The summed E-state index contributed by atoms with van der Waals surface area (Å²) >= 11 is 10.1. The standard InChI is InChI=1S/C12H18BNO3S2.C7H16N4O3.C3H8S.CH4/c1-2-6-19-10-7-11(16)14(12(10)17)5-3-4-9(15)8-13-18;1-9-3-5-10(6-4-9)11(12)8-14-7-13-2;1-2-3-4;/h10H,2-8H2,1H3;3-7H2,1-2H3;4H,2-3H2,1H3;1H4/b;11-8-;;. The van der Waals surface area contributed by atoms with Crippen molar-refractivity contribution in [2.75, 3.05) is 65.2 Å². The summed E-state index contributed by atoms with van der Waals surface area (Å²) in [6, 6.07) is 0. The van der Waals surface area contributed by atoms with E-state index >= 15 is 0 Å². The Morgan fingerprint density at radius 2 is 1.89 bits per heavy atom. The maximum Gasteiger partial charge on any atom is 0.235 e. The zero-order chi connectivity index (χ0) is 28.1. The summed E-state index contributed by atoms with van der Waals surface area (Å²) in [5.74, 6) is 1.77. The number of amides is 2. The van der Waals surface area contributed by atoms with Crippen LogP contribution in [0.15, 0.2) is 5.28 Å². The van der Waals surface area contributed by atoms with Gasteiger partial charge in [-0.15, -0.1) is 5.01 Å². The second-order valence-electron chi connectivity index (χ2n) is 8.31. The first-order valence-corrected chi connectivity index (χ1v) is 14.6. The number of nitrogens with zero attached hydrogens (tertiary/aromatic N) is 5. The molecule has 0 radical (unpaired) electrons. The van der Waals surface area contributed by atoms with Gasteiger partial charge in [0.25, 0.3) is 0 Å². The first-order chi connectivity index (χ1) is 17.7. The smallest absolute Gasteiger partial charge is 0.235 e. The molecule has 2 rings (SSSR count). The number of thiol groups is 1. The third-order valence-electron chi connectivity index (χ3n) is 5.12. The van der Waals surface area contributed by atoms with Gasteiger partial charge in [0.1, 0.15) is 0 Å². The Bertz CT molecular complexity index is 713. The second-order valence-corrected chi connectivity index (χ2v) is 10.4. The maximum atomic E-state index is 12.0. The fraction of sp³-hybridized carbons (Fsp3) is 0.870. The summed E-state index contributed by atoms with van der Waals surface area (Å²) in [4.78, 5) is 43.6. The summed E-state index contributed by atoms with van der Waals surface area (Å²) in [7, 11) is 3.49.